The first-order valence-electron chi connectivity index (χ1n) is 22.8. The molecule has 0 amide bonds. The molecule has 2 aliphatic rings. The van der Waals surface area contributed by atoms with Crippen LogP contribution in [-0.2, 0) is 0 Å². The van der Waals surface area contributed by atoms with Gasteiger partial charge in [0.2, 0.25) is 0 Å². The second-order valence-electron chi connectivity index (χ2n) is 17.3. The van der Waals surface area contributed by atoms with Gasteiger partial charge >= 0.3 is 0 Å². The van der Waals surface area contributed by atoms with Crippen LogP contribution in [-0.4, -0.2) is 14.9 Å². The molecule has 7 nitrogen and oxygen atoms in total. The maximum Gasteiger partial charge on any atom is 0.193 e. The van der Waals surface area contributed by atoms with Crippen LogP contribution in [0, 0.1) is 0 Å². The van der Waals surface area contributed by atoms with Crippen molar-refractivity contribution in [2.75, 3.05) is 9.80 Å². The number of ketones is 1. The molecule has 0 atom stereocenters. The molecule has 2 aliphatic heterocycles. The zero-order valence-electron chi connectivity index (χ0n) is 36.5. The number of rotatable bonds is 6. The summed E-state index contributed by atoms with van der Waals surface area (Å²) >= 11 is 0. The van der Waals surface area contributed by atoms with Gasteiger partial charge < -0.3 is 28.4 Å². The molecule has 0 bridgehead atoms. The fourth-order valence-corrected chi connectivity index (χ4v) is 10.4. The number of fused-ring (bicyclic) bond motifs is 10. The van der Waals surface area contributed by atoms with E-state index in [-0.39, 0.29) is 5.78 Å². The van der Waals surface area contributed by atoms with Crippen LogP contribution >= 0.6 is 0 Å². The first kappa shape index (κ1) is 38.0. The van der Waals surface area contributed by atoms with Gasteiger partial charge in [-0.25, -0.2) is 0 Å². The minimum atomic E-state index is -0.0287. The summed E-state index contributed by atoms with van der Waals surface area (Å²) in [6.45, 7) is 0. The fourth-order valence-electron chi connectivity index (χ4n) is 10.4. The number of aromatic nitrogens is 2. The van der Waals surface area contributed by atoms with Gasteiger partial charge in [-0.3, -0.25) is 4.79 Å². The Labute approximate surface area is 391 Å². The monoisotopic (exact) mass is 874 g/mol. The van der Waals surface area contributed by atoms with Crippen molar-refractivity contribution in [3.05, 3.63) is 242 Å². The molecule has 12 aromatic rings. The maximum absolute atomic E-state index is 14.2. The second-order valence-corrected chi connectivity index (χ2v) is 17.3. The van der Waals surface area contributed by atoms with Crippen molar-refractivity contribution in [1.82, 2.24) is 9.13 Å². The fraction of sp³-hybridized carbons (Fsp3) is 0. The molecule has 0 radical (unpaired) electrons. The number of hydrogen-bond donors (Lipinski definition) is 0. The molecular formula is C61H38N4O3. The number of anilines is 6. The summed E-state index contributed by atoms with van der Waals surface area (Å²) in [4.78, 5) is 18.7. The SMILES string of the molecule is O=C(c1ccc(-n2c3ccccc3c3cc(N4c5ccccc5Oc5ccccc54)ccc32)cc1)c1ccc(-n2c3ccccc3c3cc(N4c5ccccc5Oc5ccccc54)ccc32)cc1. The molecule has 7 heteroatoms. The predicted octanol–water partition coefficient (Wildman–Crippen LogP) is 16.3. The van der Waals surface area contributed by atoms with E-state index >= 15 is 0 Å². The standard InChI is InChI=1S/C61H38N4O3/c66-61(39-25-29-41(30-26-39)62-49-15-3-1-13-45(49)47-37-43(33-35-51(47)62)64-53-17-5-9-21-57(53)67-58-22-10-6-18-54(58)64)40-27-31-42(32-28-40)63-50-16-4-2-14-46(50)48-38-44(34-36-52(48)63)65-55-19-7-11-23-59(55)68-60-24-12-8-20-56(60)65/h1-38H. The zero-order valence-corrected chi connectivity index (χ0v) is 36.5. The van der Waals surface area contributed by atoms with Crippen LogP contribution in [0.25, 0.3) is 55.0 Å². The third-order valence-electron chi connectivity index (χ3n) is 13.5. The van der Waals surface area contributed by atoms with Crippen LogP contribution in [0.4, 0.5) is 34.1 Å². The molecule has 0 N–H and O–H groups in total. The number of para-hydroxylation sites is 10. The van der Waals surface area contributed by atoms with E-state index in [0.717, 1.165) is 112 Å². The number of hydrogen-bond acceptors (Lipinski definition) is 5. The third kappa shape index (κ3) is 5.76. The Bertz CT molecular complexity index is 3670. The lowest BCUT2D eigenvalue weighted by Gasteiger charge is -2.32. The average molecular weight is 875 g/mol. The lowest BCUT2D eigenvalue weighted by atomic mass is 10.0. The Kier molecular flexibility index (Phi) is 8.30. The molecule has 0 saturated heterocycles. The molecule has 2 aromatic heterocycles. The number of nitrogens with zero attached hydrogens (tertiary/aromatic N) is 4. The van der Waals surface area contributed by atoms with Gasteiger partial charge in [-0.1, -0.05) is 84.9 Å². The minimum absolute atomic E-state index is 0.0287. The van der Waals surface area contributed by atoms with Crippen LogP contribution in [0.3, 0.4) is 0 Å². The molecular weight excluding hydrogens is 837 g/mol. The molecule has 0 saturated carbocycles. The van der Waals surface area contributed by atoms with E-state index in [0.29, 0.717) is 11.1 Å². The molecule has 320 valence electrons. The maximum atomic E-state index is 14.2. The highest BCUT2D eigenvalue weighted by molar-refractivity contribution is 6.13. The van der Waals surface area contributed by atoms with Gasteiger partial charge in [-0.2, -0.15) is 0 Å². The lowest BCUT2D eigenvalue weighted by molar-refractivity contribution is 0.103. The van der Waals surface area contributed by atoms with Gasteiger partial charge in [-0.15, -0.1) is 0 Å². The van der Waals surface area contributed by atoms with E-state index in [4.69, 9.17) is 9.47 Å². The number of ether oxygens (including phenoxy) is 2. The van der Waals surface area contributed by atoms with Gasteiger partial charge in [0.1, 0.15) is 0 Å². The Hall–Kier alpha value is -9.33. The zero-order chi connectivity index (χ0) is 44.9. The van der Waals surface area contributed by atoms with Gasteiger partial charge in [0, 0.05) is 55.4 Å². The van der Waals surface area contributed by atoms with Crippen LogP contribution in [0.5, 0.6) is 23.0 Å². The Morgan fingerprint density at radius 3 is 0.985 bits per heavy atom. The lowest BCUT2D eigenvalue weighted by Crippen LogP contribution is -2.15. The number of benzene rings is 10. The van der Waals surface area contributed by atoms with E-state index in [9.17, 15) is 4.79 Å². The molecule has 4 heterocycles. The molecule has 68 heavy (non-hydrogen) atoms. The van der Waals surface area contributed by atoms with Crippen LogP contribution in [0.1, 0.15) is 15.9 Å². The topological polar surface area (TPSA) is 51.9 Å². The first-order chi connectivity index (χ1) is 33.6. The van der Waals surface area contributed by atoms with E-state index < -0.39 is 0 Å². The van der Waals surface area contributed by atoms with Crippen molar-refractivity contribution < 1.29 is 14.3 Å². The quantitative estimate of drug-likeness (QED) is 0.156. The van der Waals surface area contributed by atoms with Crippen LogP contribution in [0.2, 0.25) is 0 Å². The normalized spacial score (nSPS) is 12.6. The van der Waals surface area contributed by atoms with E-state index in [1.165, 1.54) is 0 Å². The van der Waals surface area contributed by atoms with Gasteiger partial charge in [0.15, 0.2) is 28.8 Å². The molecule has 0 fully saturated rings. The second kappa shape index (κ2) is 14.9. The van der Waals surface area contributed by atoms with E-state index in [1.807, 2.05) is 97.1 Å². The van der Waals surface area contributed by atoms with E-state index in [1.54, 1.807) is 0 Å². The highest BCUT2D eigenvalue weighted by Gasteiger charge is 2.28. The first-order valence-corrected chi connectivity index (χ1v) is 22.8. The Morgan fingerprint density at radius 1 is 0.294 bits per heavy atom. The number of carbonyl (C=O) groups is 1. The third-order valence-corrected chi connectivity index (χ3v) is 13.5. The number of carbonyl (C=O) groups excluding carboxylic acids is 1. The summed E-state index contributed by atoms with van der Waals surface area (Å²) in [6.07, 6.45) is 0. The summed E-state index contributed by atoms with van der Waals surface area (Å²) in [5, 5.41) is 4.57. The summed E-state index contributed by atoms with van der Waals surface area (Å²) in [5.74, 6) is 3.25. The van der Waals surface area contributed by atoms with Gasteiger partial charge in [0.25, 0.3) is 0 Å². The van der Waals surface area contributed by atoms with Gasteiger partial charge in [-0.05, 0) is 146 Å². The van der Waals surface area contributed by atoms with Crippen LogP contribution < -0.4 is 19.3 Å². The average Bonchev–Trinajstić information content (AvgIpc) is 3.91. The van der Waals surface area contributed by atoms with Crippen molar-refractivity contribution in [2.24, 2.45) is 0 Å². The molecule has 10 aromatic carbocycles. The van der Waals surface area contributed by atoms with Crippen LogP contribution in [0.15, 0.2) is 231 Å². The van der Waals surface area contributed by atoms with Gasteiger partial charge in [0.05, 0.1) is 44.8 Å². The summed E-state index contributed by atoms with van der Waals surface area (Å²) in [7, 11) is 0. The molecule has 0 unspecified atom stereocenters. The van der Waals surface area contributed by atoms with Crippen molar-refractivity contribution in [1.29, 1.82) is 0 Å². The molecule has 0 aliphatic carbocycles. The largest absolute Gasteiger partial charge is 0.453 e. The van der Waals surface area contributed by atoms with E-state index in [2.05, 4.69) is 152 Å². The smallest absolute Gasteiger partial charge is 0.193 e. The van der Waals surface area contributed by atoms with Crippen molar-refractivity contribution in [3.63, 3.8) is 0 Å². The van der Waals surface area contributed by atoms with Crippen molar-refractivity contribution in [2.45, 2.75) is 0 Å². The summed E-state index contributed by atoms with van der Waals surface area (Å²) in [6, 6.07) is 79.0. The van der Waals surface area contributed by atoms with Crippen molar-refractivity contribution >= 4 is 83.5 Å². The minimum Gasteiger partial charge on any atom is -0.453 e. The summed E-state index contributed by atoms with van der Waals surface area (Å²) in [5.41, 5.74) is 13.6. The Balaban J connectivity index is 0.787. The summed E-state index contributed by atoms with van der Waals surface area (Å²) < 4.78 is 17.2. The Morgan fingerprint density at radius 2 is 0.603 bits per heavy atom. The highest BCUT2D eigenvalue weighted by atomic mass is 16.5. The predicted molar refractivity (Wildman–Crippen MR) is 275 cm³/mol. The van der Waals surface area contributed by atoms with Crippen molar-refractivity contribution in [3.8, 4) is 34.4 Å². The molecule has 0 spiro atoms. The molecule has 14 rings (SSSR count). The highest BCUT2D eigenvalue weighted by Crippen LogP contribution is 2.52.